The molecule has 104 valence electrons. The molecule has 0 aliphatic rings. The van der Waals surface area contributed by atoms with Crippen LogP contribution in [0.4, 0.5) is 0 Å². The number of nitriles is 1. The van der Waals surface area contributed by atoms with Crippen molar-refractivity contribution in [2.45, 2.75) is 18.5 Å². The number of rotatable bonds is 3. The molecule has 2 aromatic rings. The van der Waals surface area contributed by atoms with Crippen LogP contribution in [0.3, 0.4) is 0 Å². The zero-order valence-electron chi connectivity index (χ0n) is 10.5. The van der Waals surface area contributed by atoms with E-state index in [9.17, 15) is 8.42 Å². The monoisotopic (exact) mass is 310 g/mol. The third kappa shape index (κ3) is 2.67. The number of primary sulfonamides is 1. The average Bonchev–Trinajstić information content (AvgIpc) is 2.68. The quantitative estimate of drug-likeness (QED) is 0.926. The highest BCUT2D eigenvalue weighted by atomic mass is 35.5. The van der Waals surface area contributed by atoms with Gasteiger partial charge in [-0.05, 0) is 18.6 Å². The topological polar surface area (TPSA) is 102 Å². The Hall–Kier alpha value is -1.88. The zero-order valence-corrected chi connectivity index (χ0v) is 12.1. The van der Waals surface area contributed by atoms with Crippen LogP contribution in [0.5, 0.6) is 0 Å². The second kappa shape index (κ2) is 5.25. The highest BCUT2D eigenvalue weighted by Crippen LogP contribution is 2.21. The number of hydrogen-bond acceptors (Lipinski definition) is 4. The molecule has 1 aromatic heterocycles. The first-order valence-electron chi connectivity index (χ1n) is 5.58. The van der Waals surface area contributed by atoms with Crippen molar-refractivity contribution in [1.29, 1.82) is 5.26 Å². The fourth-order valence-electron chi connectivity index (χ4n) is 1.87. The van der Waals surface area contributed by atoms with Gasteiger partial charge in [0, 0.05) is 5.02 Å². The predicted octanol–water partition coefficient (Wildman–Crippen LogP) is 1.41. The Labute approximate surface area is 121 Å². The summed E-state index contributed by atoms with van der Waals surface area (Å²) < 4.78 is 24.5. The molecular weight excluding hydrogens is 300 g/mol. The second-order valence-corrected chi connectivity index (χ2v) is 6.06. The first kappa shape index (κ1) is 14.5. The third-order valence-corrected chi connectivity index (χ3v) is 4.06. The van der Waals surface area contributed by atoms with Crippen molar-refractivity contribution in [2.75, 3.05) is 0 Å². The zero-order chi connectivity index (χ0) is 14.9. The van der Waals surface area contributed by atoms with Crippen molar-refractivity contribution in [1.82, 2.24) is 9.78 Å². The van der Waals surface area contributed by atoms with Crippen molar-refractivity contribution >= 4 is 21.6 Å². The predicted molar refractivity (Wildman–Crippen MR) is 73.6 cm³/mol. The molecule has 0 spiro atoms. The van der Waals surface area contributed by atoms with Gasteiger partial charge in [0.25, 0.3) is 10.0 Å². The van der Waals surface area contributed by atoms with Gasteiger partial charge < -0.3 is 0 Å². The lowest BCUT2D eigenvalue weighted by molar-refractivity contribution is 0.563. The van der Waals surface area contributed by atoms with Crippen LogP contribution in [0.15, 0.2) is 29.3 Å². The van der Waals surface area contributed by atoms with E-state index in [0.29, 0.717) is 16.3 Å². The van der Waals surface area contributed by atoms with Crippen LogP contribution in [0.1, 0.15) is 16.8 Å². The summed E-state index contributed by atoms with van der Waals surface area (Å²) in [7, 11) is -4.05. The van der Waals surface area contributed by atoms with Crippen LogP contribution >= 0.6 is 11.6 Å². The van der Waals surface area contributed by atoms with Crippen molar-refractivity contribution < 1.29 is 8.42 Å². The Morgan fingerprint density at radius 2 is 2.10 bits per heavy atom. The summed E-state index contributed by atoms with van der Waals surface area (Å²) in [5, 5.41) is 18.5. The van der Waals surface area contributed by atoms with Gasteiger partial charge in [-0.2, -0.15) is 10.4 Å². The Kier molecular flexibility index (Phi) is 3.81. The lowest BCUT2D eigenvalue weighted by Gasteiger charge is -2.07. The van der Waals surface area contributed by atoms with Crippen molar-refractivity contribution in [3.05, 3.63) is 46.1 Å². The molecule has 1 aromatic carbocycles. The molecule has 0 fully saturated rings. The van der Waals surface area contributed by atoms with E-state index in [4.69, 9.17) is 22.0 Å². The van der Waals surface area contributed by atoms with Gasteiger partial charge in [0.15, 0.2) is 5.03 Å². The van der Waals surface area contributed by atoms with Crippen molar-refractivity contribution in [3.63, 3.8) is 0 Å². The van der Waals surface area contributed by atoms with Gasteiger partial charge in [0.2, 0.25) is 0 Å². The Balaban J connectivity index is 2.60. The molecule has 0 aliphatic heterocycles. The number of benzene rings is 1. The summed E-state index contributed by atoms with van der Waals surface area (Å²) in [4.78, 5) is 0. The lowest BCUT2D eigenvalue weighted by Crippen LogP contribution is -2.19. The van der Waals surface area contributed by atoms with E-state index in [-0.39, 0.29) is 17.1 Å². The van der Waals surface area contributed by atoms with Gasteiger partial charge in [-0.25, -0.2) is 18.2 Å². The van der Waals surface area contributed by atoms with Gasteiger partial charge in [-0.1, -0.05) is 29.8 Å². The molecule has 0 aliphatic carbocycles. The summed E-state index contributed by atoms with van der Waals surface area (Å²) in [6.07, 6.45) is 0. The van der Waals surface area contributed by atoms with Crippen molar-refractivity contribution in [3.8, 4) is 6.07 Å². The van der Waals surface area contributed by atoms with Gasteiger partial charge in [-0.15, -0.1) is 0 Å². The molecule has 0 bridgehead atoms. The fourth-order valence-corrected chi connectivity index (χ4v) is 2.95. The minimum Gasteiger partial charge on any atom is -0.247 e. The van der Waals surface area contributed by atoms with Gasteiger partial charge in [0.05, 0.1) is 12.2 Å². The SMILES string of the molecule is Cc1nn(Cc2ccccc2Cl)c(S(N)(=O)=O)c1C#N. The van der Waals surface area contributed by atoms with E-state index in [1.807, 2.05) is 6.07 Å². The first-order valence-corrected chi connectivity index (χ1v) is 7.50. The average molecular weight is 311 g/mol. The number of sulfonamides is 1. The largest absolute Gasteiger partial charge is 0.256 e. The molecule has 6 nitrogen and oxygen atoms in total. The van der Waals surface area contributed by atoms with E-state index < -0.39 is 10.0 Å². The molecular formula is C12H11ClN4O2S. The highest BCUT2D eigenvalue weighted by molar-refractivity contribution is 7.89. The van der Waals surface area contributed by atoms with Crippen LogP contribution in [0.2, 0.25) is 5.02 Å². The second-order valence-electron chi connectivity index (χ2n) is 4.17. The Morgan fingerprint density at radius 1 is 1.45 bits per heavy atom. The summed E-state index contributed by atoms with van der Waals surface area (Å²) in [6, 6.07) is 8.80. The molecule has 2 rings (SSSR count). The number of hydrogen-bond donors (Lipinski definition) is 1. The van der Waals surface area contributed by atoms with E-state index in [2.05, 4.69) is 5.10 Å². The minimum absolute atomic E-state index is 0.0421. The molecule has 0 amide bonds. The molecule has 0 saturated heterocycles. The molecule has 20 heavy (non-hydrogen) atoms. The van der Waals surface area contributed by atoms with Crippen LogP contribution in [-0.2, 0) is 16.6 Å². The van der Waals surface area contributed by atoms with Gasteiger partial charge in [-0.3, -0.25) is 0 Å². The Morgan fingerprint density at radius 3 is 2.65 bits per heavy atom. The summed E-state index contributed by atoms with van der Waals surface area (Å²) >= 11 is 6.03. The van der Waals surface area contributed by atoms with Crippen LogP contribution in [-0.4, -0.2) is 18.2 Å². The number of halogens is 1. The number of aromatic nitrogens is 2. The maximum absolute atomic E-state index is 11.7. The van der Waals surface area contributed by atoms with Gasteiger partial charge >= 0.3 is 0 Å². The standard InChI is InChI=1S/C12H11ClN4O2S/c1-8-10(6-14)12(20(15,18)19)17(16-8)7-9-4-2-3-5-11(9)13/h2-5H,7H2,1H3,(H2,15,18,19). The highest BCUT2D eigenvalue weighted by Gasteiger charge is 2.24. The molecule has 1 heterocycles. The molecule has 0 unspecified atom stereocenters. The van der Waals surface area contributed by atoms with Crippen LogP contribution in [0.25, 0.3) is 0 Å². The molecule has 0 atom stereocenters. The summed E-state index contributed by atoms with van der Waals surface area (Å²) in [6.45, 7) is 1.67. The van der Waals surface area contributed by atoms with E-state index in [0.717, 1.165) is 0 Å². The lowest BCUT2D eigenvalue weighted by atomic mass is 10.2. The van der Waals surface area contributed by atoms with Crippen molar-refractivity contribution in [2.24, 2.45) is 5.14 Å². The molecule has 8 heteroatoms. The number of aryl methyl sites for hydroxylation is 1. The summed E-state index contributed by atoms with van der Waals surface area (Å²) in [5.41, 5.74) is 0.953. The van der Waals surface area contributed by atoms with Crippen LogP contribution in [0, 0.1) is 18.3 Å². The maximum atomic E-state index is 11.7. The fraction of sp³-hybridized carbons (Fsp3) is 0.167. The van der Waals surface area contributed by atoms with E-state index in [1.165, 1.54) is 4.68 Å². The minimum atomic E-state index is -4.05. The molecule has 0 saturated carbocycles. The van der Waals surface area contributed by atoms with Gasteiger partial charge in [0.1, 0.15) is 11.6 Å². The smallest absolute Gasteiger partial charge is 0.247 e. The first-order chi connectivity index (χ1) is 9.34. The molecule has 0 radical (unpaired) electrons. The van der Waals surface area contributed by atoms with E-state index in [1.54, 1.807) is 31.2 Å². The Bertz CT molecular complexity index is 805. The summed E-state index contributed by atoms with van der Waals surface area (Å²) in [5.74, 6) is 0. The molecule has 2 N–H and O–H groups in total. The maximum Gasteiger partial charge on any atom is 0.256 e. The van der Waals surface area contributed by atoms with Crippen LogP contribution < -0.4 is 5.14 Å². The van der Waals surface area contributed by atoms with E-state index >= 15 is 0 Å². The number of nitrogens with zero attached hydrogens (tertiary/aromatic N) is 3. The number of nitrogens with two attached hydrogens (primary N) is 1. The third-order valence-electron chi connectivity index (χ3n) is 2.74. The normalized spacial score (nSPS) is 11.3.